The van der Waals surface area contributed by atoms with Crippen molar-refractivity contribution in [2.24, 2.45) is 0 Å². The molecule has 0 atom stereocenters. The van der Waals surface area contributed by atoms with Crippen LogP contribution in [-0.4, -0.2) is 27.7 Å². The van der Waals surface area contributed by atoms with Gasteiger partial charge in [-0.05, 0) is 55.5 Å². The molecule has 3 aromatic carbocycles. The van der Waals surface area contributed by atoms with Gasteiger partial charge in [0.25, 0.3) is 0 Å². The predicted octanol–water partition coefficient (Wildman–Crippen LogP) is 5.13. The predicted molar refractivity (Wildman–Crippen MR) is 131 cm³/mol. The standard InChI is InChI=1S/C24H22N6O2S/c1-16-8-10-18(11-9-16)25-23(31)29-28-22-26-21(17-6-4-3-5-7-17)27-24(33)30(22)19-12-14-20(32-2)15-13-19/h3-15H,1-2H3,(H2,25,29,31)(H,26,27,28,33). The third-order valence-corrected chi connectivity index (χ3v) is 5.05. The second-order valence-corrected chi connectivity index (χ2v) is 7.49. The van der Waals surface area contributed by atoms with Crippen molar-refractivity contribution in [3.8, 4) is 22.8 Å². The van der Waals surface area contributed by atoms with E-state index in [1.54, 1.807) is 11.7 Å². The van der Waals surface area contributed by atoms with E-state index in [1.165, 1.54) is 0 Å². The van der Waals surface area contributed by atoms with Crippen LogP contribution in [0.2, 0.25) is 0 Å². The maximum Gasteiger partial charge on any atom is 0.337 e. The molecule has 4 aromatic rings. The minimum Gasteiger partial charge on any atom is -0.497 e. The summed E-state index contributed by atoms with van der Waals surface area (Å²) in [4.78, 5) is 21.6. The SMILES string of the molecule is COc1ccc(-n2c(NNC(=O)Nc3ccc(C)cc3)nc(-c3ccccc3)nc2=S)cc1. The van der Waals surface area contributed by atoms with Crippen LogP contribution in [0.5, 0.6) is 5.75 Å². The molecule has 1 aromatic heterocycles. The summed E-state index contributed by atoms with van der Waals surface area (Å²) in [7, 11) is 1.60. The summed E-state index contributed by atoms with van der Waals surface area (Å²) in [5, 5.41) is 2.77. The molecule has 0 bridgehead atoms. The molecule has 0 aliphatic heterocycles. The molecule has 33 heavy (non-hydrogen) atoms. The quantitative estimate of drug-likeness (QED) is 0.274. The van der Waals surface area contributed by atoms with E-state index in [2.05, 4.69) is 26.1 Å². The Morgan fingerprint density at radius 3 is 2.30 bits per heavy atom. The zero-order valence-corrected chi connectivity index (χ0v) is 18.9. The van der Waals surface area contributed by atoms with E-state index in [-0.39, 0.29) is 4.77 Å². The normalized spacial score (nSPS) is 10.4. The summed E-state index contributed by atoms with van der Waals surface area (Å²) in [6, 6.07) is 23.8. The minimum absolute atomic E-state index is 0.275. The average Bonchev–Trinajstić information content (AvgIpc) is 2.84. The second-order valence-electron chi connectivity index (χ2n) is 7.12. The van der Waals surface area contributed by atoms with Gasteiger partial charge in [-0.1, -0.05) is 48.0 Å². The van der Waals surface area contributed by atoms with Gasteiger partial charge >= 0.3 is 6.03 Å². The van der Waals surface area contributed by atoms with Crippen LogP contribution in [0.4, 0.5) is 16.4 Å². The first-order valence-electron chi connectivity index (χ1n) is 10.1. The van der Waals surface area contributed by atoms with E-state index < -0.39 is 6.03 Å². The van der Waals surface area contributed by atoms with Crippen molar-refractivity contribution >= 4 is 29.9 Å². The Balaban J connectivity index is 1.65. The van der Waals surface area contributed by atoms with E-state index in [9.17, 15) is 4.79 Å². The summed E-state index contributed by atoms with van der Waals surface area (Å²) in [6.45, 7) is 1.98. The van der Waals surface area contributed by atoms with E-state index in [0.29, 0.717) is 28.9 Å². The lowest BCUT2D eigenvalue weighted by molar-refractivity contribution is 0.253. The van der Waals surface area contributed by atoms with E-state index in [1.807, 2.05) is 85.8 Å². The third kappa shape index (κ3) is 5.34. The lowest BCUT2D eigenvalue weighted by Gasteiger charge is -2.16. The molecule has 9 heteroatoms. The topological polar surface area (TPSA) is 93.1 Å². The second kappa shape index (κ2) is 9.92. The number of hydrogen-bond acceptors (Lipinski definition) is 6. The Kier molecular flexibility index (Phi) is 6.61. The molecule has 3 N–H and O–H groups in total. The molecule has 1 heterocycles. The van der Waals surface area contributed by atoms with Crippen LogP contribution in [0.15, 0.2) is 78.9 Å². The molecule has 4 rings (SSSR count). The van der Waals surface area contributed by atoms with Gasteiger partial charge in [0.2, 0.25) is 10.7 Å². The molecule has 0 spiro atoms. The first kappa shape index (κ1) is 22.0. The Morgan fingerprint density at radius 1 is 0.939 bits per heavy atom. The number of aryl methyl sites for hydroxylation is 1. The summed E-state index contributed by atoms with van der Waals surface area (Å²) < 4.78 is 7.15. The number of carbonyl (C=O) groups excluding carboxylic acids is 1. The fourth-order valence-electron chi connectivity index (χ4n) is 3.08. The van der Waals surface area contributed by atoms with Crippen molar-refractivity contribution in [1.82, 2.24) is 20.0 Å². The molecular weight excluding hydrogens is 436 g/mol. The van der Waals surface area contributed by atoms with Gasteiger partial charge in [0.05, 0.1) is 12.8 Å². The van der Waals surface area contributed by atoms with Crippen LogP contribution in [0.1, 0.15) is 5.56 Å². The molecule has 0 saturated heterocycles. The Bertz CT molecular complexity index is 1310. The summed E-state index contributed by atoms with van der Waals surface area (Å²) in [5.74, 6) is 1.45. The number of nitrogens with one attached hydrogen (secondary N) is 3. The number of anilines is 2. The number of urea groups is 1. The number of nitrogens with zero attached hydrogens (tertiary/aromatic N) is 3. The summed E-state index contributed by atoms with van der Waals surface area (Å²) in [5.41, 5.74) is 8.78. The van der Waals surface area contributed by atoms with Gasteiger partial charge in [0.15, 0.2) is 5.82 Å². The number of hydrogen-bond donors (Lipinski definition) is 3. The highest BCUT2D eigenvalue weighted by molar-refractivity contribution is 7.71. The minimum atomic E-state index is -0.453. The third-order valence-electron chi connectivity index (χ3n) is 4.78. The van der Waals surface area contributed by atoms with E-state index in [0.717, 1.165) is 11.1 Å². The highest BCUT2D eigenvalue weighted by Gasteiger charge is 2.13. The molecule has 0 aliphatic carbocycles. The highest BCUT2D eigenvalue weighted by atomic mass is 32.1. The van der Waals surface area contributed by atoms with E-state index >= 15 is 0 Å². The van der Waals surface area contributed by atoms with Gasteiger partial charge in [0.1, 0.15) is 5.75 Å². The van der Waals surface area contributed by atoms with Crippen molar-refractivity contribution in [2.45, 2.75) is 6.92 Å². The van der Waals surface area contributed by atoms with Gasteiger partial charge in [-0.25, -0.2) is 10.2 Å². The molecule has 166 valence electrons. The Morgan fingerprint density at radius 2 is 1.64 bits per heavy atom. The number of methoxy groups -OCH3 is 1. The van der Waals surface area contributed by atoms with Crippen LogP contribution in [0, 0.1) is 11.7 Å². The largest absolute Gasteiger partial charge is 0.497 e. The molecule has 8 nitrogen and oxygen atoms in total. The fourth-order valence-corrected chi connectivity index (χ4v) is 3.36. The van der Waals surface area contributed by atoms with Crippen LogP contribution < -0.4 is 20.9 Å². The maximum absolute atomic E-state index is 12.5. The average molecular weight is 459 g/mol. The Labute approximate surface area is 196 Å². The zero-order valence-electron chi connectivity index (χ0n) is 18.1. The first-order valence-corrected chi connectivity index (χ1v) is 10.5. The van der Waals surface area contributed by atoms with Crippen molar-refractivity contribution in [3.05, 3.63) is 89.2 Å². The molecular formula is C24H22N6O2S. The van der Waals surface area contributed by atoms with Crippen LogP contribution in [0.3, 0.4) is 0 Å². The van der Waals surface area contributed by atoms with Crippen molar-refractivity contribution < 1.29 is 9.53 Å². The number of aromatic nitrogens is 3. The van der Waals surface area contributed by atoms with Gasteiger partial charge in [-0.15, -0.1) is 0 Å². The fraction of sp³-hybridized carbons (Fsp3) is 0.0833. The van der Waals surface area contributed by atoms with Crippen molar-refractivity contribution in [3.63, 3.8) is 0 Å². The van der Waals surface area contributed by atoms with Crippen LogP contribution >= 0.6 is 12.2 Å². The van der Waals surface area contributed by atoms with Crippen molar-refractivity contribution in [1.29, 1.82) is 0 Å². The van der Waals surface area contributed by atoms with Gasteiger partial charge < -0.3 is 10.1 Å². The molecule has 2 amide bonds. The molecule has 0 fully saturated rings. The number of benzene rings is 3. The molecule has 0 radical (unpaired) electrons. The number of carbonyl (C=O) groups is 1. The number of rotatable bonds is 6. The zero-order chi connectivity index (χ0) is 23.2. The monoisotopic (exact) mass is 458 g/mol. The van der Waals surface area contributed by atoms with Gasteiger partial charge in [-0.2, -0.15) is 9.97 Å². The lowest BCUT2D eigenvalue weighted by Crippen LogP contribution is -2.35. The van der Waals surface area contributed by atoms with Gasteiger partial charge in [-0.3, -0.25) is 9.99 Å². The molecule has 0 aliphatic rings. The number of hydrazine groups is 1. The van der Waals surface area contributed by atoms with Crippen molar-refractivity contribution in [2.75, 3.05) is 17.9 Å². The van der Waals surface area contributed by atoms with Crippen LogP contribution in [-0.2, 0) is 0 Å². The molecule has 0 saturated carbocycles. The summed E-state index contributed by atoms with van der Waals surface area (Å²) in [6.07, 6.45) is 0. The lowest BCUT2D eigenvalue weighted by atomic mass is 10.2. The van der Waals surface area contributed by atoms with Crippen LogP contribution in [0.25, 0.3) is 17.1 Å². The molecule has 0 unspecified atom stereocenters. The van der Waals surface area contributed by atoms with E-state index in [4.69, 9.17) is 17.0 Å². The number of amides is 2. The smallest absolute Gasteiger partial charge is 0.337 e. The first-order chi connectivity index (χ1) is 16.0. The maximum atomic E-state index is 12.5. The summed E-state index contributed by atoms with van der Waals surface area (Å²) >= 11 is 5.58. The highest BCUT2D eigenvalue weighted by Crippen LogP contribution is 2.22. The Hall–Kier alpha value is -4.24. The van der Waals surface area contributed by atoms with Gasteiger partial charge in [0, 0.05) is 11.3 Å². The number of ether oxygens (including phenoxy) is 1.